The minimum absolute atomic E-state index is 0.134. The highest BCUT2D eigenvalue weighted by Gasteiger charge is 2.45. The molecule has 0 aliphatic carbocycles. The third-order valence-corrected chi connectivity index (χ3v) is 6.83. The molecule has 2 aromatic carbocycles. The molecule has 2 aromatic rings. The van der Waals surface area contributed by atoms with Crippen LogP contribution in [-0.2, 0) is 9.59 Å². The number of carbonyl (C=O) groups is 2. The van der Waals surface area contributed by atoms with Crippen LogP contribution in [0.3, 0.4) is 0 Å². The van der Waals surface area contributed by atoms with E-state index in [-0.39, 0.29) is 11.3 Å². The van der Waals surface area contributed by atoms with Crippen LogP contribution < -0.4 is 0 Å². The molecule has 1 N–H and O–H groups in total. The van der Waals surface area contributed by atoms with Gasteiger partial charge >= 0.3 is 0 Å². The smallest absolute Gasteiger partial charge is 0.295 e. The lowest BCUT2D eigenvalue weighted by Crippen LogP contribution is -2.34. The van der Waals surface area contributed by atoms with Gasteiger partial charge in [0.15, 0.2) is 0 Å². The molecule has 1 aliphatic rings. The molecule has 5 nitrogen and oxygen atoms in total. The second kappa shape index (κ2) is 12.9. The molecule has 3 rings (SSSR count). The van der Waals surface area contributed by atoms with Gasteiger partial charge in [-0.2, -0.15) is 0 Å². The predicted molar refractivity (Wildman–Crippen MR) is 143 cm³/mol. The molecule has 0 saturated carbocycles. The van der Waals surface area contributed by atoms with Gasteiger partial charge in [0, 0.05) is 17.1 Å². The van der Waals surface area contributed by atoms with E-state index >= 15 is 0 Å². The quantitative estimate of drug-likeness (QED) is 0.211. The number of rotatable bonds is 12. The first-order valence-electron chi connectivity index (χ1n) is 12.7. The third kappa shape index (κ3) is 6.74. The number of aliphatic hydroxyl groups is 1. The van der Waals surface area contributed by atoms with Crippen LogP contribution in [0.4, 0.5) is 0 Å². The summed E-state index contributed by atoms with van der Waals surface area (Å²) in [4.78, 5) is 30.4. The largest absolute Gasteiger partial charge is 0.507 e. The Labute approximate surface area is 214 Å². The Morgan fingerprint density at radius 2 is 1.49 bits per heavy atom. The van der Waals surface area contributed by atoms with Crippen LogP contribution in [0, 0.1) is 6.92 Å². The second-order valence-electron chi connectivity index (χ2n) is 9.31. The number of aliphatic hydroxyl groups excluding tert-OH is 1. The maximum atomic E-state index is 13.2. The van der Waals surface area contributed by atoms with Gasteiger partial charge in [-0.3, -0.25) is 9.59 Å². The normalized spacial score (nSPS) is 17.5. The van der Waals surface area contributed by atoms with Gasteiger partial charge in [0.1, 0.15) is 5.76 Å². The molecule has 1 heterocycles. The van der Waals surface area contributed by atoms with Gasteiger partial charge < -0.3 is 14.9 Å². The van der Waals surface area contributed by atoms with Crippen molar-refractivity contribution in [3.05, 3.63) is 75.8 Å². The fraction of sp³-hybridized carbons (Fsp3) is 0.448. The Hall–Kier alpha value is -2.63. The third-order valence-electron chi connectivity index (χ3n) is 6.58. The summed E-state index contributed by atoms with van der Waals surface area (Å²) >= 11 is 6.01. The number of likely N-dealkylation sites (tertiary alicyclic amines) is 1. The number of carbonyl (C=O) groups excluding carboxylic acids is 2. The number of ketones is 1. The topological polar surface area (TPSA) is 60.9 Å². The predicted octanol–water partition coefficient (Wildman–Crippen LogP) is 6.36. The number of benzene rings is 2. The van der Waals surface area contributed by atoms with E-state index in [1.165, 1.54) is 0 Å². The Morgan fingerprint density at radius 1 is 0.914 bits per heavy atom. The SMILES string of the molecule is CCCCN(CCCC)CCCN1C(=O)C(=O)C(=C(O)c2ccc(Cl)cc2)[C@H]1c1ccc(C)cc1. The number of nitrogens with zero attached hydrogens (tertiary/aromatic N) is 2. The second-order valence-corrected chi connectivity index (χ2v) is 9.75. The molecule has 1 fully saturated rings. The summed E-state index contributed by atoms with van der Waals surface area (Å²) in [6, 6.07) is 13.8. The van der Waals surface area contributed by atoms with Crippen LogP contribution in [0.2, 0.25) is 5.02 Å². The van der Waals surface area contributed by atoms with Crippen LogP contribution in [-0.4, -0.2) is 52.8 Å². The highest BCUT2D eigenvalue weighted by Crippen LogP contribution is 2.39. The first-order valence-corrected chi connectivity index (χ1v) is 13.1. The molecule has 0 spiro atoms. The molecule has 0 unspecified atom stereocenters. The summed E-state index contributed by atoms with van der Waals surface area (Å²) in [5.41, 5.74) is 2.51. The highest BCUT2D eigenvalue weighted by molar-refractivity contribution is 6.46. The fourth-order valence-corrected chi connectivity index (χ4v) is 4.66. The molecular weight excluding hydrogens is 460 g/mol. The summed E-state index contributed by atoms with van der Waals surface area (Å²) in [7, 11) is 0. The van der Waals surface area contributed by atoms with Crippen molar-refractivity contribution in [3.8, 4) is 0 Å². The molecule has 1 amide bonds. The molecule has 1 atom stereocenters. The number of unbranched alkanes of at least 4 members (excludes halogenated alkanes) is 2. The molecule has 0 radical (unpaired) electrons. The minimum Gasteiger partial charge on any atom is -0.507 e. The Kier molecular flexibility index (Phi) is 9.93. The maximum Gasteiger partial charge on any atom is 0.295 e. The van der Waals surface area contributed by atoms with E-state index in [0.29, 0.717) is 17.1 Å². The van der Waals surface area contributed by atoms with E-state index in [0.717, 1.165) is 62.9 Å². The molecule has 35 heavy (non-hydrogen) atoms. The van der Waals surface area contributed by atoms with Gasteiger partial charge in [0.25, 0.3) is 11.7 Å². The number of hydrogen-bond donors (Lipinski definition) is 1. The Balaban J connectivity index is 1.90. The van der Waals surface area contributed by atoms with Crippen LogP contribution in [0.5, 0.6) is 0 Å². The van der Waals surface area contributed by atoms with Crippen LogP contribution in [0.1, 0.15) is 68.7 Å². The highest BCUT2D eigenvalue weighted by atomic mass is 35.5. The van der Waals surface area contributed by atoms with Crippen molar-refractivity contribution in [2.75, 3.05) is 26.2 Å². The van der Waals surface area contributed by atoms with Crippen LogP contribution in [0.25, 0.3) is 5.76 Å². The summed E-state index contributed by atoms with van der Waals surface area (Å²) in [6.45, 7) is 9.81. The van der Waals surface area contributed by atoms with Crippen molar-refractivity contribution in [2.45, 2.75) is 58.9 Å². The van der Waals surface area contributed by atoms with Crippen molar-refractivity contribution < 1.29 is 14.7 Å². The van der Waals surface area contributed by atoms with E-state index in [1.807, 2.05) is 31.2 Å². The van der Waals surface area contributed by atoms with E-state index in [4.69, 9.17) is 11.6 Å². The van der Waals surface area contributed by atoms with Crippen molar-refractivity contribution in [1.29, 1.82) is 0 Å². The van der Waals surface area contributed by atoms with Gasteiger partial charge in [-0.1, -0.05) is 68.1 Å². The van der Waals surface area contributed by atoms with Crippen molar-refractivity contribution in [3.63, 3.8) is 0 Å². The number of amides is 1. The molecular formula is C29H37ClN2O3. The average Bonchev–Trinajstić information content (AvgIpc) is 3.10. The number of Topliss-reactive ketones (excluding diaryl/α,β-unsaturated/α-hetero) is 1. The van der Waals surface area contributed by atoms with Gasteiger partial charge in [-0.15, -0.1) is 0 Å². The summed E-state index contributed by atoms with van der Waals surface area (Å²) in [5, 5.41) is 11.7. The molecule has 0 aromatic heterocycles. The van der Waals surface area contributed by atoms with Gasteiger partial charge in [0.2, 0.25) is 0 Å². The molecule has 6 heteroatoms. The molecule has 0 bridgehead atoms. The zero-order valence-electron chi connectivity index (χ0n) is 21.1. The van der Waals surface area contributed by atoms with E-state index in [2.05, 4.69) is 18.7 Å². The lowest BCUT2D eigenvalue weighted by atomic mass is 9.94. The van der Waals surface area contributed by atoms with Crippen molar-refractivity contribution in [1.82, 2.24) is 9.80 Å². The van der Waals surface area contributed by atoms with Gasteiger partial charge in [-0.05, 0) is 75.6 Å². The van der Waals surface area contributed by atoms with E-state index < -0.39 is 17.7 Å². The van der Waals surface area contributed by atoms with Gasteiger partial charge in [0.05, 0.1) is 11.6 Å². The monoisotopic (exact) mass is 496 g/mol. The van der Waals surface area contributed by atoms with Crippen molar-refractivity contribution >= 4 is 29.1 Å². The number of hydrogen-bond acceptors (Lipinski definition) is 4. The number of aryl methyl sites for hydroxylation is 1. The van der Waals surface area contributed by atoms with Crippen LogP contribution in [0.15, 0.2) is 54.1 Å². The summed E-state index contributed by atoms with van der Waals surface area (Å²) < 4.78 is 0. The lowest BCUT2D eigenvalue weighted by molar-refractivity contribution is -0.140. The molecule has 188 valence electrons. The lowest BCUT2D eigenvalue weighted by Gasteiger charge is -2.27. The Morgan fingerprint density at radius 3 is 2.06 bits per heavy atom. The van der Waals surface area contributed by atoms with Crippen LogP contribution >= 0.6 is 11.6 Å². The standard InChI is InChI=1S/C29H37ClN2O3/c1-4-6-17-31(18-7-5-2)19-8-20-32-26(22-11-9-21(3)10-12-22)25(28(34)29(32)35)27(33)23-13-15-24(30)16-14-23/h9-16,26,33H,4-8,17-20H2,1-3H3/t26-/m1/s1. The minimum atomic E-state index is -0.642. The molecule has 1 aliphatic heterocycles. The van der Waals surface area contributed by atoms with E-state index in [9.17, 15) is 14.7 Å². The zero-order valence-corrected chi connectivity index (χ0v) is 21.9. The fourth-order valence-electron chi connectivity index (χ4n) is 4.53. The first kappa shape index (κ1) is 27.0. The van der Waals surface area contributed by atoms with Gasteiger partial charge in [-0.25, -0.2) is 0 Å². The first-order chi connectivity index (χ1) is 16.9. The Bertz CT molecular complexity index is 1020. The van der Waals surface area contributed by atoms with Crippen molar-refractivity contribution in [2.24, 2.45) is 0 Å². The zero-order chi connectivity index (χ0) is 25.4. The summed E-state index contributed by atoms with van der Waals surface area (Å²) in [6.07, 6.45) is 5.37. The summed E-state index contributed by atoms with van der Waals surface area (Å²) in [5.74, 6) is -1.36. The average molecular weight is 497 g/mol. The maximum absolute atomic E-state index is 13.2. The number of halogens is 1. The van der Waals surface area contributed by atoms with E-state index in [1.54, 1.807) is 29.2 Å². The molecule has 1 saturated heterocycles.